The highest BCUT2D eigenvalue weighted by Crippen LogP contribution is 2.17. The van der Waals surface area contributed by atoms with Gasteiger partial charge in [-0.1, -0.05) is 17.7 Å². The van der Waals surface area contributed by atoms with Gasteiger partial charge in [-0.2, -0.15) is 0 Å². The highest BCUT2D eigenvalue weighted by Gasteiger charge is 2.16. The Bertz CT molecular complexity index is 1550. The summed E-state index contributed by atoms with van der Waals surface area (Å²) in [5.41, 5.74) is 0.371. The second-order valence-electron chi connectivity index (χ2n) is 7.69. The van der Waals surface area contributed by atoms with Crippen molar-refractivity contribution >= 4 is 28.4 Å². The number of fused-ring (bicyclic) bond motifs is 1. The van der Waals surface area contributed by atoms with Gasteiger partial charge >= 0.3 is 5.69 Å². The van der Waals surface area contributed by atoms with E-state index in [1.54, 1.807) is 18.3 Å². The van der Waals surface area contributed by atoms with Crippen molar-refractivity contribution in [1.82, 2.24) is 24.4 Å². The van der Waals surface area contributed by atoms with Crippen LogP contribution in [0.2, 0.25) is 5.02 Å². The zero-order valence-corrected chi connectivity index (χ0v) is 19.7. The first kappa shape index (κ1) is 24.1. The minimum absolute atomic E-state index is 0.0173. The Hall–Kier alpha value is -4.05. The summed E-state index contributed by atoms with van der Waals surface area (Å²) in [5.74, 6) is -0.643. The number of benzene rings is 1. The molecule has 1 N–H and O–H groups in total. The maximum absolute atomic E-state index is 13.5. The normalized spacial score (nSPS) is 11.0. The number of nitrogens with one attached hydrogen (secondary N) is 1. The van der Waals surface area contributed by atoms with Crippen LogP contribution in [-0.4, -0.2) is 31.6 Å². The van der Waals surface area contributed by atoms with E-state index in [1.807, 2.05) is 6.92 Å². The summed E-state index contributed by atoms with van der Waals surface area (Å²) in [5, 5.41) is 2.78. The summed E-state index contributed by atoms with van der Waals surface area (Å²) in [6.45, 7) is 2.40. The average Bonchev–Trinajstić information content (AvgIpc) is 2.86. The topological polar surface area (TPSA) is 108 Å². The molecule has 1 aromatic carbocycles. The maximum atomic E-state index is 13.5. The van der Waals surface area contributed by atoms with E-state index in [9.17, 15) is 18.8 Å². The summed E-state index contributed by atoms with van der Waals surface area (Å²) in [7, 11) is 1.50. The second kappa shape index (κ2) is 10.1. The molecule has 35 heavy (non-hydrogen) atoms. The lowest BCUT2D eigenvalue weighted by Crippen LogP contribution is -2.39. The molecule has 4 aromatic rings. The predicted molar refractivity (Wildman–Crippen MR) is 128 cm³/mol. The van der Waals surface area contributed by atoms with Crippen molar-refractivity contribution in [2.24, 2.45) is 7.05 Å². The quantitative estimate of drug-likeness (QED) is 0.420. The Morgan fingerprint density at radius 2 is 1.94 bits per heavy atom. The molecule has 0 saturated carbocycles. The van der Waals surface area contributed by atoms with Crippen LogP contribution in [0.5, 0.6) is 5.88 Å². The van der Waals surface area contributed by atoms with Crippen molar-refractivity contribution in [3.63, 3.8) is 0 Å². The fraction of sp³-hybridized carbons (Fsp3) is 0.208. The Morgan fingerprint density at radius 1 is 1.14 bits per heavy atom. The zero-order valence-electron chi connectivity index (χ0n) is 18.9. The van der Waals surface area contributed by atoms with Gasteiger partial charge in [0.2, 0.25) is 5.88 Å². The van der Waals surface area contributed by atoms with Gasteiger partial charge in [0.15, 0.2) is 0 Å². The molecular weight excluding hydrogens is 477 g/mol. The lowest BCUT2D eigenvalue weighted by atomic mass is 10.2. The van der Waals surface area contributed by atoms with Crippen molar-refractivity contribution in [3.8, 4) is 5.88 Å². The van der Waals surface area contributed by atoms with E-state index < -0.39 is 23.0 Å². The smallest absolute Gasteiger partial charge is 0.331 e. The number of aryl methyl sites for hydroxylation is 1. The van der Waals surface area contributed by atoms with Gasteiger partial charge in [0, 0.05) is 25.9 Å². The van der Waals surface area contributed by atoms with E-state index in [1.165, 1.54) is 42.1 Å². The Kier molecular flexibility index (Phi) is 6.92. The molecule has 0 bridgehead atoms. The number of halogens is 2. The third kappa shape index (κ3) is 5.07. The van der Waals surface area contributed by atoms with Gasteiger partial charge in [-0.05, 0) is 42.3 Å². The fourth-order valence-electron chi connectivity index (χ4n) is 3.55. The van der Waals surface area contributed by atoms with Crippen molar-refractivity contribution in [2.75, 3.05) is 6.61 Å². The van der Waals surface area contributed by atoms with Gasteiger partial charge < -0.3 is 10.1 Å². The van der Waals surface area contributed by atoms with E-state index in [0.29, 0.717) is 18.1 Å². The average molecular weight is 498 g/mol. The maximum Gasteiger partial charge on any atom is 0.331 e. The van der Waals surface area contributed by atoms with Gasteiger partial charge in [-0.3, -0.25) is 18.7 Å². The molecule has 0 fully saturated rings. The summed E-state index contributed by atoms with van der Waals surface area (Å²) < 4.78 is 21.1. The van der Waals surface area contributed by atoms with E-state index in [2.05, 4.69) is 15.3 Å². The van der Waals surface area contributed by atoms with Gasteiger partial charge in [-0.15, -0.1) is 0 Å². The molecule has 9 nitrogen and oxygen atoms in total. The number of nitrogens with zero attached hydrogens (tertiary/aromatic N) is 4. The summed E-state index contributed by atoms with van der Waals surface area (Å²) in [6, 6.07) is 8.77. The van der Waals surface area contributed by atoms with E-state index in [-0.39, 0.29) is 34.7 Å². The molecule has 180 valence electrons. The number of pyridine rings is 2. The highest BCUT2D eigenvalue weighted by molar-refractivity contribution is 6.30. The molecule has 11 heteroatoms. The van der Waals surface area contributed by atoms with Gasteiger partial charge in [0.05, 0.1) is 35.3 Å². The molecule has 3 aromatic heterocycles. The largest absolute Gasteiger partial charge is 0.478 e. The number of carbonyl (C=O) groups is 1. The number of hydrogen-bond acceptors (Lipinski definition) is 6. The lowest BCUT2D eigenvalue weighted by Gasteiger charge is -2.12. The number of aromatic nitrogens is 4. The van der Waals surface area contributed by atoms with Crippen LogP contribution in [0.3, 0.4) is 0 Å². The minimum Gasteiger partial charge on any atom is -0.478 e. The predicted octanol–water partition coefficient (Wildman–Crippen LogP) is 2.66. The van der Waals surface area contributed by atoms with Crippen LogP contribution in [0.15, 0.2) is 58.4 Å². The molecule has 0 aliphatic carbocycles. The number of amides is 1. The summed E-state index contributed by atoms with van der Waals surface area (Å²) in [4.78, 5) is 46.9. The molecule has 0 unspecified atom stereocenters. The number of carbonyl (C=O) groups excluding carboxylic acids is 1. The number of rotatable bonds is 7. The molecule has 0 atom stereocenters. The first-order valence-corrected chi connectivity index (χ1v) is 11.1. The molecule has 4 rings (SSSR count). The van der Waals surface area contributed by atoms with Crippen LogP contribution in [0.1, 0.15) is 28.5 Å². The summed E-state index contributed by atoms with van der Waals surface area (Å²) >= 11 is 5.83. The van der Waals surface area contributed by atoms with Gasteiger partial charge in [-0.25, -0.2) is 19.2 Å². The first-order chi connectivity index (χ1) is 16.8. The monoisotopic (exact) mass is 497 g/mol. The minimum atomic E-state index is -0.601. The molecule has 0 radical (unpaired) electrons. The SMILES string of the molecule is CCOc1cc(CNC(=O)c2cc3c(=O)n(Cc4ccc(F)c(Cl)c4)c(=O)n(C)c3cn2)ccn1. The first-order valence-electron chi connectivity index (χ1n) is 10.7. The molecule has 0 saturated heterocycles. The van der Waals surface area contributed by atoms with Crippen molar-refractivity contribution in [3.05, 3.63) is 97.3 Å². The van der Waals surface area contributed by atoms with Crippen LogP contribution in [0.4, 0.5) is 4.39 Å². The van der Waals surface area contributed by atoms with Crippen LogP contribution in [-0.2, 0) is 20.1 Å². The van der Waals surface area contributed by atoms with E-state index in [0.717, 1.165) is 10.1 Å². The van der Waals surface area contributed by atoms with Crippen LogP contribution < -0.4 is 21.3 Å². The molecule has 0 spiro atoms. The van der Waals surface area contributed by atoms with Crippen LogP contribution in [0, 0.1) is 5.82 Å². The fourth-order valence-corrected chi connectivity index (χ4v) is 3.75. The molecule has 0 aliphatic rings. The van der Waals surface area contributed by atoms with Crippen molar-refractivity contribution in [1.29, 1.82) is 0 Å². The third-order valence-electron chi connectivity index (χ3n) is 5.34. The molecule has 3 heterocycles. The van der Waals surface area contributed by atoms with Crippen LogP contribution in [0.25, 0.3) is 10.9 Å². The third-order valence-corrected chi connectivity index (χ3v) is 5.63. The van der Waals surface area contributed by atoms with Gasteiger partial charge in [0.1, 0.15) is 11.5 Å². The standard InChI is InChI=1S/C24H21ClFN5O4/c1-3-35-21-9-14(6-7-27-21)11-29-22(32)19-10-16-20(12-28-19)30(2)24(34)31(23(16)33)13-15-4-5-18(26)17(25)8-15/h4-10,12H,3,11,13H2,1-2H3,(H,29,32). The van der Waals surface area contributed by atoms with E-state index >= 15 is 0 Å². The highest BCUT2D eigenvalue weighted by atomic mass is 35.5. The van der Waals surface area contributed by atoms with E-state index in [4.69, 9.17) is 16.3 Å². The number of hydrogen-bond donors (Lipinski definition) is 1. The second-order valence-corrected chi connectivity index (χ2v) is 8.09. The molecule has 1 amide bonds. The van der Waals surface area contributed by atoms with Gasteiger partial charge in [0.25, 0.3) is 11.5 Å². The number of ether oxygens (including phenoxy) is 1. The lowest BCUT2D eigenvalue weighted by molar-refractivity contribution is 0.0946. The Morgan fingerprint density at radius 3 is 2.69 bits per heavy atom. The van der Waals surface area contributed by atoms with Crippen LogP contribution >= 0.6 is 11.6 Å². The van der Waals surface area contributed by atoms with Crippen molar-refractivity contribution < 1.29 is 13.9 Å². The Labute approximate surface area is 203 Å². The summed E-state index contributed by atoms with van der Waals surface area (Å²) in [6.07, 6.45) is 2.89. The molecular formula is C24H21ClFN5O4. The zero-order chi connectivity index (χ0) is 25.1. The Balaban J connectivity index is 1.64. The molecule has 0 aliphatic heterocycles. The van der Waals surface area contributed by atoms with Crippen molar-refractivity contribution in [2.45, 2.75) is 20.0 Å².